The van der Waals surface area contributed by atoms with Gasteiger partial charge in [-0.05, 0) is 39.3 Å². The highest BCUT2D eigenvalue weighted by atomic mass is 32.1. The summed E-state index contributed by atoms with van der Waals surface area (Å²) in [6, 6.07) is 0.116. The van der Waals surface area contributed by atoms with Gasteiger partial charge in [-0.2, -0.15) is 0 Å². The lowest BCUT2D eigenvalue weighted by Gasteiger charge is -2.40. The van der Waals surface area contributed by atoms with E-state index in [1.54, 1.807) is 11.3 Å². The van der Waals surface area contributed by atoms with E-state index in [2.05, 4.69) is 32.3 Å². The van der Waals surface area contributed by atoms with Crippen molar-refractivity contribution < 1.29 is 9.53 Å². The molecular weight excluding hydrogens is 376 g/mol. The molecular formula is C19H28N6O2S. The van der Waals surface area contributed by atoms with Crippen LogP contribution in [0.1, 0.15) is 54.6 Å². The number of likely N-dealkylation sites (tertiary alicyclic amines) is 1. The standard InChI is InChI=1S/C19H28N6O2S/c1-3-14(2)21-18(26)17-23-22-15-11-27-13-19(12-25(15)17)4-7-24(8-5-19)10-16-20-6-9-28-16/h6,9,14H,3-5,7-8,10-13H2,1-2H3,(H,21,26)/t14-/m0/s1. The Bertz CT molecular complexity index is 797. The van der Waals surface area contributed by atoms with Crippen molar-refractivity contribution in [3.8, 4) is 0 Å². The number of rotatable bonds is 5. The first-order valence-electron chi connectivity index (χ1n) is 10.00. The molecule has 0 saturated carbocycles. The molecule has 2 aromatic rings. The van der Waals surface area contributed by atoms with Crippen LogP contribution in [0.25, 0.3) is 0 Å². The van der Waals surface area contributed by atoms with Gasteiger partial charge in [-0.15, -0.1) is 21.5 Å². The number of aromatic nitrogens is 4. The highest BCUT2D eigenvalue weighted by molar-refractivity contribution is 7.09. The smallest absolute Gasteiger partial charge is 0.289 e. The van der Waals surface area contributed by atoms with Crippen LogP contribution in [-0.4, -0.2) is 56.3 Å². The summed E-state index contributed by atoms with van der Waals surface area (Å²) in [6.07, 6.45) is 4.81. The fourth-order valence-corrected chi connectivity index (χ4v) is 4.57. The van der Waals surface area contributed by atoms with Crippen LogP contribution in [0.15, 0.2) is 11.6 Å². The zero-order valence-electron chi connectivity index (χ0n) is 16.6. The Morgan fingerprint density at radius 3 is 2.93 bits per heavy atom. The monoisotopic (exact) mass is 404 g/mol. The minimum atomic E-state index is -0.147. The summed E-state index contributed by atoms with van der Waals surface area (Å²) in [6.45, 7) is 8.84. The van der Waals surface area contributed by atoms with Crippen LogP contribution in [0.3, 0.4) is 0 Å². The van der Waals surface area contributed by atoms with Gasteiger partial charge in [-0.25, -0.2) is 4.98 Å². The summed E-state index contributed by atoms with van der Waals surface area (Å²) in [7, 11) is 0. The lowest BCUT2D eigenvalue weighted by atomic mass is 9.79. The largest absolute Gasteiger partial charge is 0.373 e. The van der Waals surface area contributed by atoms with E-state index in [1.807, 2.05) is 23.1 Å². The molecule has 4 heterocycles. The Kier molecular flexibility index (Phi) is 5.75. The number of ether oxygens (including phenoxy) is 1. The van der Waals surface area contributed by atoms with Crippen molar-refractivity contribution in [1.82, 2.24) is 30.0 Å². The van der Waals surface area contributed by atoms with E-state index in [0.717, 1.165) is 56.3 Å². The fourth-order valence-electron chi connectivity index (χ4n) is 3.92. The summed E-state index contributed by atoms with van der Waals surface area (Å²) in [5.41, 5.74) is 0.0262. The Morgan fingerprint density at radius 1 is 1.39 bits per heavy atom. The summed E-state index contributed by atoms with van der Waals surface area (Å²) >= 11 is 1.71. The summed E-state index contributed by atoms with van der Waals surface area (Å²) in [5, 5.41) is 14.6. The molecule has 1 atom stereocenters. The van der Waals surface area contributed by atoms with E-state index in [-0.39, 0.29) is 17.4 Å². The zero-order chi connectivity index (χ0) is 19.6. The number of nitrogens with one attached hydrogen (secondary N) is 1. The Balaban J connectivity index is 1.46. The van der Waals surface area contributed by atoms with Gasteiger partial charge >= 0.3 is 0 Å². The predicted molar refractivity (Wildman–Crippen MR) is 106 cm³/mol. The number of thiazole rings is 1. The van der Waals surface area contributed by atoms with Gasteiger partial charge in [0, 0.05) is 29.6 Å². The number of carbonyl (C=O) groups excluding carboxylic acids is 1. The second kappa shape index (κ2) is 8.26. The molecule has 1 N–H and O–H groups in total. The lowest BCUT2D eigenvalue weighted by Crippen LogP contribution is -2.44. The van der Waals surface area contributed by atoms with Gasteiger partial charge in [0.25, 0.3) is 5.91 Å². The van der Waals surface area contributed by atoms with Gasteiger partial charge in [0.05, 0.1) is 13.2 Å². The zero-order valence-corrected chi connectivity index (χ0v) is 17.4. The van der Waals surface area contributed by atoms with Crippen LogP contribution in [0.5, 0.6) is 0 Å². The summed E-state index contributed by atoms with van der Waals surface area (Å²) in [4.78, 5) is 19.5. The summed E-state index contributed by atoms with van der Waals surface area (Å²) < 4.78 is 7.95. The molecule has 152 valence electrons. The van der Waals surface area contributed by atoms with Crippen molar-refractivity contribution in [2.24, 2.45) is 5.41 Å². The average molecular weight is 405 g/mol. The SMILES string of the molecule is CC[C@H](C)NC(=O)c1nnc2n1CC1(CCN(Cc3nccs3)CC1)COC2. The fraction of sp³-hybridized carbons (Fsp3) is 0.684. The molecule has 9 heteroatoms. The van der Waals surface area contributed by atoms with Crippen LogP contribution >= 0.6 is 11.3 Å². The molecule has 0 radical (unpaired) electrons. The molecule has 1 fully saturated rings. The normalized spacial score (nSPS) is 20.5. The van der Waals surface area contributed by atoms with Gasteiger partial charge in [-0.1, -0.05) is 6.92 Å². The third-order valence-corrected chi connectivity index (χ3v) is 6.68. The van der Waals surface area contributed by atoms with Gasteiger partial charge in [0.15, 0.2) is 5.82 Å². The topological polar surface area (TPSA) is 85.2 Å². The number of carbonyl (C=O) groups is 1. The molecule has 0 aromatic carbocycles. The van der Waals surface area contributed by atoms with Gasteiger partial charge in [0.2, 0.25) is 5.82 Å². The van der Waals surface area contributed by atoms with Gasteiger partial charge in [0.1, 0.15) is 11.6 Å². The second-order valence-electron chi connectivity index (χ2n) is 8.00. The van der Waals surface area contributed by atoms with Crippen molar-refractivity contribution >= 4 is 17.2 Å². The van der Waals surface area contributed by atoms with Crippen molar-refractivity contribution in [2.45, 2.75) is 58.8 Å². The Hall–Kier alpha value is -1.84. The van der Waals surface area contributed by atoms with Crippen LogP contribution in [0.2, 0.25) is 0 Å². The van der Waals surface area contributed by atoms with Crippen molar-refractivity contribution in [1.29, 1.82) is 0 Å². The number of hydrogen-bond donors (Lipinski definition) is 1. The molecule has 2 aliphatic heterocycles. The van der Waals surface area contributed by atoms with Crippen LogP contribution in [0, 0.1) is 5.41 Å². The van der Waals surface area contributed by atoms with E-state index in [9.17, 15) is 4.79 Å². The molecule has 1 saturated heterocycles. The minimum Gasteiger partial charge on any atom is -0.373 e. The third kappa shape index (κ3) is 4.11. The minimum absolute atomic E-state index is 0.0262. The Labute approximate surface area is 169 Å². The molecule has 0 bridgehead atoms. The second-order valence-corrected chi connectivity index (χ2v) is 8.98. The highest BCUT2D eigenvalue weighted by Gasteiger charge is 2.39. The van der Waals surface area contributed by atoms with Crippen molar-refractivity contribution in [2.75, 3.05) is 19.7 Å². The van der Waals surface area contributed by atoms with E-state index >= 15 is 0 Å². The number of fused-ring (bicyclic) bond motifs is 1. The maximum Gasteiger partial charge on any atom is 0.289 e. The Morgan fingerprint density at radius 2 is 2.21 bits per heavy atom. The number of piperidine rings is 1. The lowest BCUT2D eigenvalue weighted by molar-refractivity contribution is -0.00571. The predicted octanol–water partition coefficient (Wildman–Crippen LogP) is 2.08. The molecule has 1 amide bonds. The molecule has 28 heavy (non-hydrogen) atoms. The van der Waals surface area contributed by atoms with E-state index in [1.165, 1.54) is 0 Å². The van der Waals surface area contributed by atoms with Crippen molar-refractivity contribution in [3.63, 3.8) is 0 Å². The molecule has 4 rings (SSSR count). The molecule has 0 unspecified atom stereocenters. The van der Waals surface area contributed by atoms with Crippen molar-refractivity contribution in [3.05, 3.63) is 28.2 Å². The average Bonchev–Trinajstić information content (AvgIpc) is 3.30. The molecule has 2 aromatic heterocycles. The first-order chi connectivity index (χ1) is 13.6. The highest BCUT2D eigenvalue weighted by Crippen LogP contribution is 2.36. The van der Waals surface area contributed by atoms with E-state index in [4.69, 9.17) is 4.74 Å². The number of hydrogen-bond acceptors (Lipinski definition) is 7. The van der Waals surface area contributed by atoms with Crippen LogP contribution in [0.4, 0.5) is 0 Å². The quantitative estimate of drug-likeness (QED) is 0.821. The maximum absolute atomic E-state index is 12.7. The molecule has 2 aliphatic rings. The van der Waals surface area contributed by atoms with Crippen LogP contribution < -0.4 is 5.32 Å². The summed E-state index contributed by atoms with van der Waals surface area (Å²) in [5.74, 6) is 1.01. The first-order valence-corrected chi connectivity index (χ1v) is 10.9. The van der Waals surface area contributed by atoms with E-state index < -0.39 is 0 Å². The van der Waals surface area contributed by atoms with E-state index in [0.29, 0.717) is 19.0 Å². The first kappa shape index (κ1) is 19.5. The molecule has 1 spiro atoms. The maximum atomic E-state index is 12.7. The number of nitrogens with zero attached hydrogens (tertiary/aromatic N) is 5. The molecule has 8 nitrogen and oxygen atoms in total. The molecule has 0 aliphatic carbocycles. The third-order valence-electron chi connectivity index (χ3n) is 5.91. The van der Waals surface area contributed by atoms with Gasteiger partial charge in [-0.3, -0.25) is 9.69 Å². The van der Waals surface area contributed by atoms with Crippen LogP contribution in [-0.2, 0) is 24.4 Å². The van der Waals surface area contributed by atoms with Gasteiger partial charge < -0.3 is 14.6 Å². The number of amides is 1.